The van der Waals surface area contributed by atoms with E-state index in [2.05, 4.69) is 0 Å². The van der Waals surface area contributed by atoms with Crippen LogP contribution in [0.5, 0.6) is 0 Å². The molecule has 2 heterocycles. The van der Waals surface area contributed by atoms with Gasteiger partial charge < -0.3 is 9.80 Å². The summed E-state index contributed by atoms with van der Waals surface area (Å²) in [7, 11) is -2.43. The zero-order valence-electron chi connectivity index (χ0n) is 25.3. The van der Waals surface area contributed by atoms with Crippen LogP contribution in [0.2, 0.25) is 0 Å². The van der Waals surface area contributed by atoms with Gasteiger partial charge in [-0.25, -0.2) is 21.9 Å². The number of amides is 3. The summed E-state index contributed by atoms with van der Waals surface area (Å²) in [4.78, 5) is 30.1. The highest BCUT2D eigenvalue weighted by Crippen LogP contribution is 2.39. The third kappa shape index (κ3) is 8.51. The highest BCUT2D eigenvalue weighted by atomic mass is 32.2. The normalized spacial score (nSPS) is 20.2. The maximum absolute atomic E-state index is 13.7. The second kappa shape index (κ2) is 13.4. The fourth-order valence-corrected chi connectivity index (χ4v) is 7.32. The molecule has 0 N–H and O–H groups in total. The van der Waals surface area contributed by atoms with E-state index in [0.29, 0.717) is 26.9 Å². The fourth-order valence-electron chi connectivity index (χ4n) is 5.95. The van der Waals surface area contributed by atoms with Crippen LogP contribution in [0.4, 0.5) is 54.4 Å². The standard InChI is InChI=1S/C29H30F10N4O4S/c1-40(22-12-19(28(34,35)36)11-20(13-22)29(37,38)39)26(45)41(2)24-15-42(14-23(24)17-3-5-21(30)6-4-17)25(44)18-7-9-43(10-8-18)48(46,47)16-27(31,32)33/h3-6,11-13,18,23-24H,7-10,14-16H2,1-2H3. The Kier molecular flexibility index (Phi) is 10.4. The van der Waals surface area contributed by atoms with Crippen molar-refractivity contribution < 1.29 is 61.9 Å². The van der Waals surface area contributed by atoms with Crippen molar-refractivity contribution in [3.8, 4) is 0 Å². The van der Waals surface area contributed by atoms with Gasteiger partial charge in [0.05, 0.1) is 17.2 Å². The van der Waals surface area contributed by atoms with E-state index in [9.17, 15) is 61.9 Å². The summed E-state index contributed by atoms with van der Waals surface area (Å²) >= 11 is 0. The minimum absolute atomic E-state index is 0.0508. The summed E-state index contributed by atoms with van der Waals surface area (Å²) in [5.74, 6) is -4.61. The van der Waals surface area contributed by atoms with Gasteiger partial charge in [0.2, 0.25) is 15.9 Å². The lowest BCUT2D eigenvalue weighted by atomic mass is 9.93. The molecule has 2 fully saturated rings. The number of hydrogen-bond acceptors (Lipinski definition) is 4. The van der Waals surface area contributed by atoms with Crippen molar-refractivity contribution >= 4 is 27.6 Å². The summed E-state index contributed by atoms with van der Waals surface area (Å²) in [6.45, 7) is -0.897. The highest BCUT2D eigenvalue weighted by Gasteiger charge is 2.45. The number of rotatable bonds is 6. The van der Waals surface area contributed by atoms with Crippen LogP contribution < -0.4 is 4.90 Å². The molecule has 266 valence electrons. The summed E-state index contributed by atoms with van der Waals surface area (Å²) in [5.41, 5.74) is -3.50. The van der Waals surface area contributed by atoms with Crippen LogP contribution in [0.3, 0.4) is 0 Å². The van der Waals surface area contributed by atoms with Crippen molar-refractivity contribution in [1.29, 1.82) is 0 Å². The Morgan fingerprint density at radius 2 is 1.35 bits per heavy atom. The summed E-state index contributed by atoms with van der Waals surface area (Å²) in [6, 6.07) is 3.84. The summed E-state index contributed by atoms with van der Waals surface area (Å²) in [5, 5.41) is 0. The van der Waals surface area contributed by atoms with Crippen LogP contribution in [0.1, 0.15) is 35.4 Å². The van der Waals surface area contributed by atoms with Crippen LogP contribution >= 0.6 is 0 Å². The van der Waals surface area contributed by atoms with E-state index in [1.807, 2.05) is 0 Å². The second-order valence-electron chi connectivity index (χ2n) is 11.7. The van der Waals surface area contributed by atoms with Gasteiger partial charge in [0.1, 0.15) is 5.82 Å². The lowest BCUT2D eigenvalue weighted by Crippen LogP contribution is -2.48. The minimum Gasteiger partial charge on any atom is -0.340 e. The number of likely N-dealkylation sites (tertiary alicyclic amines) is 1. The average Bonchev–Trinajstić information content (AvgIpc) is 3.43. The summed E-state index contributed by atoms with van der Waals surface area (Å²) in [6.07, 6.45) is -15.5. The second-order valence-corrected chi connectivity index (χ2v) is 13.7. The van der Waals surface area contributed by atoms with E-state index < -0.39 is 86.8 Å². The number of carbonyl (C=O) groups is 2. The molecule has 2 saturated heterocycles. The first kappa shape index (κ1) is 37.2. The third-order valence-corrected chi connectivity index (χ3v) is 10.3. The first-order chi connectivity index (χ1) is 22.0. The van der Waals surface area contributed by atoms with Crippen molar-refractivity contribution in [2.75, 3.05) is 50.9 Å². The number of hydrogen-bond donors (Lipinski definition) is 0. The molecule has 2 aromatic carbocycles. The fraction of sp³-hybridized carbons (Fsp3) is 0.517. The van der Waals surface area contributed by atoms with Crippen LogP contribution in [0, 0.1) is 11.7 Å². The molecule has 2 atom stereocenters. The number of alkyl halides is 9. The molecule has 48 heavy (non-hydrogen) atoms. The average molecular weight is 721 g/mol. The number of piperidine rings is 1. The third-order valence-electron chi connectivity index (χ3n) is 8.49. The molecule has 0 radical (unpaired) electrons. The van der Waals surface area contributed by atoms with Gasteiger partial charge in [-0.2, -0.15) is 39.5 Å². The van der Waals surface area contributed by atoms with Gasteiger partial charge in [-0.3, -0.25) is 9.69 Å². The molecule has 2 aliphatic heterocycles. The van der Waals surface area contributed by atoms with Crippen LogP contribution in [-0.2, 0) is 27.2 Å². The highest BCUT2D eigenvalue weighted by molar-refractivity contribution is 7.89. The monoisotopic (exact) mass is 720 g/mol. The molecule has 0 saturated carbocycles. The first-order valence-corrected chi connectivity index (χ1v) is 16.0. The molecule has 0 aromatic heterocycles. The lowest BCUT2D eigenvalue weighted by molar-refractivity contribution is -0.143. The molecule has 0 bridgehead atoms. The van der Waals surface area contributed by atoms with E-state index in [1.54, 1.807) is 0 Å². The molecule has 19 heteroatoms. The maximum atomic E-state index is 13.7. The molecule has 0 aliphatic carbocycles. The maximum Gasteiger partial charge on any atom is 0.416 e. The van der Waals surface area contributed by atoms with E-state index in [0.717, 1.165) is 24.1 Å². The molecule has 2 aromatic rings. The number of halogens is 10. The van der Waals surface area contributed by atoms with Gasteiger partial charge >= 0.3 is 24.6 Å². The lowest BCUT2D eigenvalue weighted by Gasteiger charge is -2.33. The van der Waals surface area contributed by atoms with Crippen molar-refractivity contribution in [2.24, 2.45) is 5.92 Å². The van der Waals surface area contributed by atoms with Crippen molar-refractivity contribution in [3.05, 3.63) is 65.0 Å². The van der Waals surface area contributed by atoms with Crippen LogP contribution in [0.15, 0.2) is 42.5 Å². The quantitative estimate of drug-likeness (QED) is 0.346. The Morgan fingerprint density at radius 3 is 1.83 bits per heavy atom. The smallest absolute Gasteiger partial charge is 0.340 e. The predicted octanol–water partition coefficient (Wildman–Crippen LogP) is 5.95. The van der Waals surface area contributed by atoms with E-state index in [-0.39, 0.29) is 45.1 Å². The van der Waals surface area contributed by atoms with Crippen molar-refractivity contribution in [3.63, 3.8) is 0 Å². The molecule has 0 spiro atoms. The van der Waals surface area contributed by atoms with Gasteiger partial charge in [0.15, 0.2) is 5.75 Å². The SMILES string of the molecule is CN(C(=O)N(C)C1CN(C(=O)C2CCN(S(=O)(=O)CC(F)(F)F)CC2)CC1c1ccc(F)cc1)c1cc(C(F)(F)F)cc(C(F)(F)F)c1. The van der Waals surface area contributed by atoms with Crippen molar-refractivity contribution in [1.82, 2.24) is 14.1 Å². The number of likely N-dealkylation sites (N-methyl/N-ethyl adjacent to an activating group) is 1. The predicted molar refractivity (Wildman–Crippen MR) is 152 cm³/mol. The topological polar surface area (TPSA) is 81.2 Å². The molecule has 2 unspecified atom stereocenters. The van der Waals surface area contributed by atoms with E-state index >= 15 is 0 Å². The van der Waals surface area contributed by atoms with Crippen molar-refractivity contribution in [2.45, 2.75) is 43.3 Å². The molecule has 3 amide bonds. The van der Waals surface area contributed by atoms with Gasteiger partial charge in [-0.15, -0.1) is 0 Å². The molecule has 2 aliphatic rings. The largest absolute Gasteiger partial charge is 0.416 e. The Hall–Kier alpha value is -3.61. The first-order valence-electron chi connectivity index (χ1n) is 14.4. The molecular weight excluding hydrogens is 690 g/mol. The number of sulfonamides is 1. The number of benzene rings is 2. The number of carbonyl (C=O) groups excluding carboxylic acids is 2. The Balaban J connectivity index is 1.57. The van der Waals surface area contributed by atoms with E-state index in [1.165, 1.54) is 24.1 Å². The zero-order valence-corrected chi connectivity index (χ0v) is 26.1. The van der Waals surface area contributed by atoms with Gasteiger partial charge in [0, 0.05) is 57.8 Å². The molecule has 8 nitrogen and oxygen atoms in total. The van der Waals surface area contributed by atoms with Gasteiger partial charge in [-0.05, 0) is 48.7 Å². The summed E-state index contributed by atoms with van der Waals surface area (Å²) < 4.78 is 158. The molecular formula is C29H30F10N4O4S. The Bertz CT molecular complexity index is 1570. The van der Waals surface area contributed by atoms with Gasteiger partial charge in [-0.1, -0.05) is 12.1 Å². The number of urea groups is 1. The van der Waals surface area contributed by atoms with Crippen LogP contribution in [-0.4, -0.2) is 92.7 Å². The van der Waals surface area contributed by atoms with Crippen LogP contribution in [0.25, 0.3) is 0 Å². The number of nitrogens with zero attached hydrogens (tertiary/aromatic N) is 4. The van der Waals surface area contributed by atoms with Gasteiger partial charge in [0.25, 0.3) is 0 Å². The Labute approximate surface area is 268 Å². The zero-order chi connectivity index (χ0) is 36.0. The Morgan fingerprint density at radius 1 is 0.833 bits per heavy atom. The molecule has 4 rings (SSSR count). The van der Waals surface area contributed by atoms with E-state index in [4.69, 9.17) is 0 Å². The number of anilines is 1. The minimum atomic E-state index is -5.16.